The average molecular weight is 145 g/mol. The molecule has 1 atom stereocenters. The van der Waals surface area contributed by atoms with Crippen LogP contribution in [0, 0.1) is 11.3 Å². The largest absolute Gasteiger partial charge is 0.324 e. The summed E-state index contributed by atoms with van der Waals surface area (Å²) in [6.45, 7) is 0. The molecule has 0 heterocycles. The minimum Gasteiger partial charge on any atom is -0.324 e. The molecule has 0 bridgehead atoms. The fraction of sp³-hybridized carbons (Fsp3) is 0.500. The number of rotatable bonds is 0. The van der Waals surface area contributed by atoms with Crippen molar-refractivity contribution in [3.8, 4) is 6.07 Å². The third kappa shape index (κ3) is 2.05. The highest BCUT2D eigenvalue weighted by Crippen LogP contribution is 2.14. The Kier molecular flexibility index (Phi) is 3.29. The van der Waals surface area contributed by atoms with Crippen molar-refractivity contribution in [3.05, 3.63) is 11.6 Å². The maximum absolute atomic E-state index is 8.31. The highest BCUT2D eigenvalue weighted by atomic mass is 35.5. The van der Waals surface area contributed by atoms with Gasteiger partial charge in [0.15, 0.2) is 0 Å². The first-order valence-corrected chi connectivity index (χ1v) is 2.69. The van der Waals surface area contributed by atoms with Crippen LogP contribution in [0.5, 0.6) is 0 Å². The van der Waals surface area contributed by atoms with Crippen LogP contribution in [0.4, 0.5) is 0 Å². The smallest absolute Gasteiger partial charge is 0.0944 e. The zero-order valence-electron chi connectivity index (χ0n) is 5.00. The second-order valence-electron chi connectivity index (χ2n) is 2.01. The van der Waals surface area contributed by atoms with E-state index in [1.165, 1.54) is 0 Å². The second kappa shape index (κ2) is 3.49. The monoisotopic (exact) mass is 144 g/mol. The summed E-state index contributed by atoms with van der Waals surface area (Å²) in [5.74, 6) is 0. The molecule has 0 aromatic rings. The number of nitrogens with two attached hydrogens (primary N) is 1. The van der Waals surface area contributed by atoms with E-state index >= 15 is 0 Å². The number of nitrogens with zero attached hydrogens (tertiary/aromatic N) is 1. The maximum Gasteiger partial charge on any atom is 0.0944 e. The van der Waals surface area contributed by atoms with E-state index in [4.69, 9.17) is 11.0 Å². The van der Waals surface area contributed by atoms with Gasteiger partial charge in [-0.25, -0.2) is 0 Å². The van der Waals surface area contributed by atoms with Crippen molar-refractivity contribution in [1.82, 2.24) is 0 Å². The molecule has 0 aliphatic heterocycles. The fourth-order valence-electron chi connectivity index (χ4n) is 0.840. The van der Waals surface area contributed by atoms with E-state index in [0.717, 1.165) is 18.4 Å². The minimum atomic E-state index is 0. The van der Waals surface area contributed by atoms with Crippen LogP contribution in [0.2, 0.25) is 0 Å². The summed E-state index contributed by atoms with van der Waals surface area (Å²) in [7, 11) is 0. The van der Waals surface area contributed by atoms with Crippen LogP contribution in [0.15, 0.2) is 11.6 Å². The maximum atomic E-state index is 8.31. The van der Waals surface area contributed by atoms with Gasteiger partial charge >= 0.3 is 0 Å². The van der Waals surface area contributed by atoms with Crippen LogP contribution < -0.4 is 5.73 Å². The molecular formula is C6H9ClN2. The summed E-state index contributed by atoms with van der Waals surface area (Å²) in [4.78, 5) is 0. The molecule has 1 aliphatic carbocycles. The van der Waals surface area contributed by atoms with Gasteiger partial charge in [-0.2, -0.15) is 5.26 Å². The van der Waals surface area contributed by atoms with Gasteiger partial charge in [0.25, 0.3) is 0 Å². The Morgan fingerprint density at radius 1 is 1.78 bits per heavy atom. The van der Waals surface area contributed by atoms with E-state index in [-0.39, 0.29) is 18.4 Å². The molecule has 1 unspecified atom stereocenters. The first-order chi connectivity index (χ1) is 3.83. The topological polar surface area (TPSA) is 49.8 Å². The van der Waals surface area contributed by atoms with E-state index in [0.29, 0.717) is 0 Å². The summed E-state index contributed by atoms with van der Waals surface area (Å²) >= 11 is 0. The van der Waals surface area contributed by atoms with Crippen molar-refractivity contribution in [2.45, 2.75) is 18.9 Å². The first kappa shape index (κ1) is 8.48. The number of hydrogen-bond donors (Lipinski definition) is 1. The van der Waals surface area contributed by atoms with E-state index in [1.54, 1.807) is 0 Å². The van der Waals surface area contributed by atoms with Gasteiger partial charge in [0.1, 0.15) is 0 Å². The van der Waals surface area contributed by atoms with Crippen molar-refractivity contribution in [1.29, 1.82) is 5.26 Å². The van der Waals surface area contributed by atoms with Crippen LogP contribution in [0.3, 0.4) is 0 Å². The van der Waals surface area contributed by atoms with Crippen LogP contribution >= 0.6 is 12.4 Å². The Bertz CT molecular complexity index is 157. The molecule has 0 saturated carbocycles. The Balaban J connectivity index is 0.000000640. The number of hydrogen-bond acceptors (Lipinski definition) is 2. The molecule has 3 heteroatoms. The van der Waals surface area contributed by atoms with Gasteiger partial charge < -0.3 is 5.73 Å². The van der Waals surface area contributed by atoms with Crippen molar-refractivity contribution >= 4 is 12.4 Å². The van der Waals surface area contributed by atoms with E-state index in [1.807, 2.05) is 6.08 Å². The predicted octanol–water partition coefficient (Wildman–Crippen LogP) is 0.979. The summed E-state index contributed by atoms with van der Waals surface area (Å²) in [6.07, 6.45) is 3.65. The van der Waals surface area contributed by atoms with Crippen molar-refractivity contribution in [2.24, 2.45) is 5.73 Å². The third-order valence-corrected chi connectivity index (χ3v) is 1.31. The molecule has 0 saturated heterocycles. The molecule has 0 aromatic heterocycles. The SMILES string of the molecule is Cl.N#CC1=CC(N)CC1. The quantitative estimate of drug-likeness (QED) is 0.551. The lowest BCUT2D eigenvalue weighted by Gasteiger charge is -1.90. The second-order valence-corrected chi connectivity index (χ2v) is 2.01. The van der Waals surface area contributed by atoms with Crippen LogP contribution in [0.25, 0.3) is 0 Å². The average Bonchev–Trinajstić information content (AvgIpc) is 2.14. The number of halogens is 1. The molecular weight excluding hydrogens is 136 g/mol. The summed E-state index contributed by atoms with van der Waals surface area (Å²) < 4.78 is 0. The lowest BCUT2D eigenvalue weighted by molar-refractivity contribution is 0.777. The minimum absolute atomic E-state index is 0. The summed E-state index contributed by atoms with van der Waals surface area (Å²) in [6, 6.07) is 2.22. The van der Waals surface area contributed by atoms with Crippen molar-refractivity contribution < 1.29 is 0 Å². The normalized spacial score (nSPS) is 24.0. The number of allylic oxidation sites excluding steroid dienone is 1. The van der Waals surface area contributed by atoms with Gasteiger partial charge in [0.2, 0.25) is 0 Å². The Morgan fingerprint density at radius 3 is 2.67 bits per heavy atom. The zero-order valence-corrected chi connectivity index (χ0v) is 5.82. The van der Waals surface area contributed by atoms with Gasteiger partial charge in [-0.3, -0.25) is 0 Å². The molecule has 0 radical (unpaired) electrons. The number of nitriles is 1. The highest BCUT2D eigenvalue weighted by Gasteiger charge is 2.09. The molecule has 0 spiro atoms. The molecule has 50 valence electrons. The van der Waals surface area contributed by atoms with E-state index in [9.17, 15) is 0 Å². The van der Waals surface area contributed by atoms with Crippen LogP contribution in [0.1, 0.15) is 12.8 Å². The van der Waals surface area contributed by atoms with E-state index < -0.39 is 0 Å². The molecule has 1 rings (SSSR count). The predicted molar refractivity (Wildman–Crippen MR) is 38.2 cm³/mol. The summed E-state index contributed by atoms with van der Waals surface area (Å²) in [5.41, 5.74) is 6.32. The van der Waals surface area contributed by atoms with Crippen LogP contribution in [-0.2, 0) is 0 Å². The third-order valence-electron chi connectivity index (χ3n) is 1.31. The van der Waals surface area contributed by atoms with Crippen LogP contribution in [-0.4, -0.2) is 6.04 Å². The highest BCUT2D eigenvalue weighted by molar-refractivity contribution is 5.85. The lowest BCUT2D eigenvalue weighted by atomic mass is 10.2. The Morgan fingerprint density at radius 2 is 2.44 bits per heavy atom. The molecule has 2 N–H and O–H groups in total. The molecule has 0 aromatic carbocycles. The van der Waals surface area contributed by atoms with Gasteiger partial charge in [0, 0.05) is 11.6 Å². The fourth-order valence-corrected chi connectivity index (χ4v) is 0.840. The molecule has 0 fully saturated rings. The Hall–Kier alpha value is -0.520. The molecule has 2 nitrogen and oxygen atoms in total. The molecule has 0 amide bonds. The Labute approximate surface area is 60.8 Å². The summed E-state index contributed by atoms with van der Waals surface area (Å²) in [5, 5.41) is 8.31. The van der Waals surface area contributed by atoms with Crippen molar-refractivity contribution in [3.63, 3.8) is 0 Å². The van der Waals surface area contributed by atoms with Gasteiger partial charge in [0.05, 0.1) is 6.07 Å². The molecule has 9 heavy (non-hydrogen) atoms. The lowest BCUT2D eigenvalue weighted by Crippen LogP contribution is -2.11. The van der Waals surface area contributed by atoms with Gasteiger partial charge in [-0.05, 0) is 12.8 Å². The van der Waals surface area contributed by atoms with E-state index in [2.05, 4.69) is 6.07 Å². The standard InChI is InChI=1S/C6H8N2.ClH/c7-4-5-1-2-6(8)3-5;/h3,6H,1-2,8H2;1H. The first-order valence-electron chi connectivity index (χ1n) is 2.69. The zero-order chi connectivity index (χ0) is 5.98. The molecule has 1 aliphatic rings. The van der Waals surface area contributed by atoms with Crippen molar-refractivity contribution in [2.75, 3.05) is 0 Å². The van der Waals surface area contributed by atoms with Gasteiger partial charge in [-0.1, -0.05) is 6.08 Å². The van der Waals surface area contributed by atoms with Gasteiger partial charge in [-0.15, -0.1) is 12.4 Å².